The van der Waals surface area contributed by atoms with Crippen LogP contribution < -0.4 is 5.32 Å². The van der Waals surface area contributed by atoms with Crippen LogP contribution in [0.1, 0.15) is 32.1 Å². The molecule has 0 aromatic heterocycles. The number of hydrogen-bond acceptors (Lipinski definition) is 3. The number of nitrogens with one attached hydrogen (secondary N) is 1. The van der Waals surface area contributed by atoms with Crippen LogP contribution in [0.25, 0.3) is 0 Å². The fourth-order valence-electron chi connectivity index (χ4n) is 4.43. The highest BCUT2D eigenvalue weighted by Gasteiger charge is 2.47. The first-order valence-corrected chi connectivity index (χ1v) is 7.12. The molecular weight excluding hydrogens is 230 g/mol. The van der Waals surface area contributed by atoms with Crippen molar-refractivity contribution in [2.24, 2.45) is 23.7 Å². The molecule has 5 atom stereocenters. The van der Waals surface area contributed by atoms with Crippen LogP contribution in [0, 0.1) is 23.7 Å². The molecule has 2 aliphatic carbocycles. The Hall–Kier alpha value is -1.03. The Kier molecular flexibility index (Phi) is 2.40. The van der Waals surface area contributed by atoms with E-state index in [1.165, 1.54) is 12.0 Å². The van der Waals surface area contributed by atoms with Crippen LogP contribution in [-0.4, -0.2) is 18.6 Å². The maximum Gasteiger partial charge on any atom is 0.223 e. The molecule has 5 unspecified atom stereocenters. The van der Waals surface area contributed by atoms with Gasteiger partial charge in [-0.1, -0.05) is 0 Å². The van der Waals surface area contributed by atoms with Crippen LogP contribution >= 0.6 is 0 Å². The average molecular weight is 249 g/mol. The third-order valence-corrected chi connectivity index (χ3v) is 5.36. The monoisotopic (exact) mass is 249 g/mol. The summed E-state index contributed by atoms with van der Waals surface area (Å²) in [5.74, 6) is 2.38. The molecule has 98 valence electrons. The van der Waals surface area contributed by atoms with Crippen molar-refractivity contribution in [3.05, 3.63) is 11.8 Å². The van der Waals surface area contributed by atoms with Gasteiger partial charge in [-0.05, 0) is 49.9 Å². The van der Waals surface area contributed by atoms with Crippen LogP contribution in [0.3, 0.4) is 0 Å². The van der Waals surface area contributed by atoms with Gasteiger partial charge in [0.05, 0.1) is 0 Å². The minimum absolute atomic E-state index is 0.195. The van der Waals surface area contributed by atoms with Gasteiger partial charge in [0.15, 0.2) is 0 Å². The zero-order valence-electron chi connectivity index (χ0n) is 10.4. The lowest BCUT2D eigenvalue weighted by Crippen LogP contribution is -2.48. The second kappa shape index (κ2) is 3.98. The predicted molar refractivity (Wildman–Crippen MR) is 64.1 cm³/mol. The van der Waals surface area contributed by atoms with Crippen molar-refractivity contribution in [2.75, 3.05) is 6.54 Å². The van der Waals surface area contributed by atoms with Gasteiger partial charge in [-0.15, -0.1) is 0 Å². The number of fused-ring (bicyclic) bond motifs is 4. The zero-order chi connectivity index (χ0) is 12.1. The number of rotatable bonds is 0. The van der Waals surface area contributed by atoms with Crippen LogP contribution in [-0.2, 0) is 14.6 Å². The summed E-state index contributed by atoms with van der Waals surface area (Å²) in [7, 11) is 0. The molecular formula is C14H19NO3. The van der Waals surface area contributed by atoms with Crippen molar-refractivity contribution in [3.63, 3.8) is 0 Å². The minimum Gasteiger partial charge on any atom is -0.356 e. The summed E-state index contributed by atoms with van der Waals surface area (Å²) < 4.78 is 0. The second-order valence-corrected chi connectivity index (χ2v) is 6.16. The van der Waals surface area contributed by atoms with Crippen LogP contribution in [0.4, 0.5) is 0 Å². The smallest absolute Gasteiger partial charge is 0.223 e. The molecule has 0 aromatic carbocycles. The highest BCUT2D eigenvalue weighted by atomic mass is 17.2. The van der Waals surface area contributed by atoms with Crippen LogP contribution in [0.2, 0.25) is 0 Å². The Bertz CT molecular complexity index is 406. The fourth-order valence-corrected chi connectivity index (χ4v) is 4.43. The highest BCUT2D eigenvalue weighted by molar-refractivity contribution is 5.79. The lowest BCUT2D eigenvalue weighted by atomic mass is 9.60. The number of hydrogen-bond donors (Lipinski definition) is 1. The SMILES string of the molecule is O=C1NCCC2CC3C4=COOC4CCC3CC12. The lowest BCUT2D eigenvalue weighted by molar-refractivity contribution is -0.257. The van der Waals surface area contributed by atoms with E-state index in [0.29, 0.717) is 23.7 Å². The molecule has 1 amide bonds. The average Bonchev–Trinajstić information content (AvgIpc) is 2.86. The number of amides is 1. The number of carbonyl (C=O) groups is 1. The van der Waals surface area contributed by atoms with E-state index in [2.05, 4.69) is 5.32 Å². The molecule has 0 radical (unpaired) electrons. The molecule has 4 rings (SSSR count). The Balaban J connectivity index is 1.59. The molecule has 2 aliphatic heterocycles. The van der Waals surface area contributed by atoms with Gasteiger partial charge in [0.2, 0.25) is 5.91 Å². The Labute approximate surface area is 107 Å². The molecule has 18 heavy (non-hydrogen) atoms. The first-order chi connectivity index (χ1) is 8.83. The Morgan fingerprint density at radius 3 is 2.89 bits per heavy atom. The van der Waals surface area contributed by atoms with E-state index in [1.807, 2.05) is 6.26 Å². The van der Waals surface area contributed by atoms with Crippen molar-refractivity contribution in [3.8, 4) is 0 Å². The van der Waals surface area contributed by atoms with E-state index in [0.717, 1.165) is 32.2 Å². The maximum atomic E-state index is 12.0. The molecule has 0 spiro atoms. The Morgan fingerprint density at radius 1 is 1.11 bits per heavy atom. The molecule has 0 aromatic rings. The number of piperidine rings is 1. The van der Waals surface area contributed by atoms with E-state index >= 15 is 0 Å². The quantitative estimate of drug-likeness (QED) is 0.666. The first kappa shape index (κ1) is 10.9. The normalized spacial score (nSPS) is 46.1. The van der Waals surface area contributed by atoms with Gasteiger partial charge >= 0.3 is 0 Å². The molecule has 1 saturated heterocycles. The third-order valence-electron chi connectivity index (χ3n) is 5.36. The first-order valence-electron chi connectivity index (χ1n) is 7.12. The van der Waals surface area contributed by atoms with Gasteiger partial charge < -0.3 is 10.2 Å². The summed E-state index contributed by atoms with van der Waals surface area (Å²) in [6.07, 6.45) is 7.59. The Morgan fingerprint density at radius 2 is 1.94 bits per heavy atom. The minimum atomic E-state index is 0.195. The van der Waals surface area contributed by atoms with Gasteiger partial charge in [-0.2, -0.15) is 4.89 Å². The molecule has 4 heteroatoms. The summed E-state index contributed by atoms with van der Waals surface area (Å²) in [4.78, 5) is 22.3. The summed E-state index contributed by atoms with van der Waals surface area (Å²) in [5, 5.41) is 3.02. The van der Waals surface area contributed by atoms with Crippen molar-refractivity contribution >= 4 is 5.91 Å². The van der Waals surface area contributed by atoms with Crippen molar-refractivity contribution in [1.29, 1.82) is 0 Å². The van der Waals surface area contributed by atoms with Gasteiger partial charge in [0.25, 0.3) is 0 Å². The van der Waals surface area contributed by atoms with Crippen molar-refractivity contribution in [2.45, 2.75) is 38.2 Å². The van der Waals surface area contributed by atoms with E-state index in [-0.39, 0.29) is 12.0 Å². The highest BCUT2D eigenvalue weighted by Crippen LogP contribution is 2.50. The van der Waals surface area contributed by atoms with Crippen molar-refractivity contribution < 1.29 is 14.6 Å². The maximum absolute atomic E-state index is 12.0. The molecule has 3 fully saturated rings. The molecule has 4 nitrogen and oxygen atoms in total. The van der Waals surface area contributed by atoms with Crippen molar-refractivity contribution in [1.82, 2.24) is 5.32 Å². The second-order valence-electron chi connectivity index (χ2n) is 6.16. The summed E-state index contributed by atoms with van der Waals surface area (Å²) in [6, 6.07) is 0. The fraction of sp³-hybridized carbons (Fsp3) is 0.786. The summed E-state index contributed by atoms with van der Waals surface area (Å²) in [6.45, 7) is 0.854. The van der Waals surface area contributed by atoms with E-state index in [1.54, 1.807) is 0 Å². The van der Waals surface area contributed by atoms with E-state index in [9.17, 15) is 4.79 Å². The van der Waals surface area contributed by atoms with Crippen LogP contribution in [0.15, 0.2) is 11.8 Å². The van der Waals surface area contributed by atoms with Crippen LogP contribution in [0.5, 0.6) is 0 Å². The number of carbonyl (C=O) groups excluding carboxylic acids is 1. The summed E-state index contributed by atoms with van der Waals surface area (Å²) >= 11 is 0. The van der Waals surface area contributed by atoms with Gasteiger partial charge in [-0.3, -0.25) is 4.79 Å². The topological polar surface area (TPSA) is 47.6 Å². The molecule has 4 aliphatic rings. The molecule has 2 heterocycles. The zero-order valence-corrected chi connectivity index (χ0v) is 10.4. The largest absolute Gasteiger partial charge is 0.356 e. The van der Waals surface area contributed by atoms with E-state index < -0.39 is 0 Å². The third kappa shape index (κ3) is 1.51. The molecule has 1 N–H and O–H groups in total. The molecule has 0 bridgehead atoms. The van der Waals surface area contributed by atoms with Gasteiger partial charge in [0.1, 0.15) is 12.4 Å². The summed E-state index contributed by atoms with van der Waals surface area (Å²) in [5.41, 5.74) is 1.36. The van der Waals surface area contributed by atoms with Gasteiger partial charge in [0, 0.05) is 18.0 Å². The molecule has 2 saturated carbocycles. The lowest BCUT2D eigenvalue weighted by Gasteiger charge is -2.46. The van der Waals surface area contributed by atoms with E-state index in [4.69, 9.17) is 9.78 Å². The standard InChI is InChI=1S/C14H19NO3/c16-14-11-6-8-1-2-13-12(7-17-18-13)10(8)5-9(11)3-4-15-14/h7-11,13H,1-6H2,(H,15,16). The van der Waals surface area contributed by atoms with Gasteiger partial charge in [-0.25, -0.2) is 0 Å². The predicted octanol–water partition coefficient (Wildman–Crippen LogP) is 1.77.